The third-order valence-electron chi connectivity index (χ3n) is 3.49. The number of carbonyl (C=O) groups excluding carboxylic acids is 3. The summed E-state index contributed by atoms with van der Waals surface area (Å²) in [7, 11) is 0. The molecule has 0 aromatic heterocycles. The maximum Gasteiger partial charge on any atom is 0.252 e. The Morgan fingerprint density at radius 1 is 1.44 bits per heavy atom. The molecular formula is C11H17N3O4. The normalized spacial score (nSPS) is 31.4. The van der Waals surface area contributed by atoms with Crippen molar-refractivity contribution in [2.24, 2.45) is 11.7 Å². The molecular weight excluding hydrogens is 238 g/mol. The predicted octanol–water partition coefficient (Wildman–Crippen LogP) is -1.78. The zero-order valence-electron chi connectivity index (χ0n) is 10.4. The SMILES string of the molecule is CC1(C)C(=O)NC(=O)CN1C(=O)C1COCC1N. The first kappa shape index (κ1) is 13.0. The molecule has 7 nitrogen and oxygen atoms in total. The van der Waals surface area contributed by atoms with Gasteiger partial charge in [0.25, 0.3) is 5.91 Å². The van der Waals surface area contributed by atoms with Gasteiger partial charge in [0.15, 0.2) is 0 Å². The lowest BCUT2D eigenvalue weighted by Gasteiger charge is -2.41. The van der Waals surface area contributed by atoms with Gasteiger partial charge in [0, 0.05) is 6.04 Å². The summed E-state index contributed by atoms with van der Waals surface area (Å²) in [4.78, 5) is 36.8. The number of rotatable bonds is 1. The Labute approximate surface area is 105 Å². The number of hydrogen-bond donors (Lipinski definition) is 2. The minimum Gasteiger partial charge on any atom is -0.379 e. The van der Waals surface area contributed by atoms with Crippen molar-refractivity contribution in [3.05, 3.63) is 0 Å². The van der Waals surface area contributed by atoms with E-state index in [0.29, 0.717) is 6.61 Å². The van der Waals surface area contributed by atoms with Crippen LogP contribution in [0.3, 0.4) is 0 Å². The maximum absolute atomic E-state index is 12.4. The van der Waals surface area contributed by atoms with E-state index in [1.54, 1.807) is 13.8 Å². The molecule has 7 heteroatoms. The fourth-order valence-electron chi connectivity index (χ4n) is 2.16. The van der Waals surface area contributed by atoms with E-state index in [4.69, 9.17) is 10.5 Å². The average Bonchev–Trinajstić information content (AvgIpc) is 2.69. The standard InChI is InChI=1S/C11H17N3O4/c1-11(2)10(17)13-8(15)3-14(11)9(16)6-4-18-5-7(6)12/h6-7H,3-5,12H2,1-2H3,(H,13,15,17). The number of nitrogens with zero attached hydrogens (tertiary/aromatic N) is 1. The summed E-state index contributed by atoms with van der Waals surface area (Å²) >= 11 is 0. The van der Waals surface area contributed by atoms with Gasteiger partial charge in [0.05, 0.1) is 19.1 Å². The molecule has 2 fully saturated rings. The predicted molar refractivity (Wildman–Crippen MR) is 61.2 cm³/mol. The minimum absolute atomic E-state index is 0.124. The van der Waals surface area contributed by atoms with Gasteiger partial charge in [-0.2, -0.15) is 0 Å². The van der Waals surface area contributed by atoms with Crippen molar-refractivity contribution >= 4 is 17.7 Å². The van der Waals surface area contributed by atoms with Crippen molar-refractivity contribution in [1.82, 2.24) is 10.2 Å². The molecule has 0 aliphatic carbocycles. The molecule has 0 aromatic rings. The lowest BCUT2D eigenvalue weighted by Crippen LogP contribution is -2.67. The first-order chi connectivity index (χ1) is 8.34. The third kappa shape index (κ3) is 1.99. The molecule has 2 unspecified atom stereocenters. The summed E-state index contributed by atoms with van der Waals surface area (Å²) in [5.74, 6) is -1.73. The summed E-state index contributed by atoms with van der Waals surface area (Å²) in [6, 6.07) is -0.381. The van der Waals surface area contributed by atoms with Gasteiger partial charge in [-0.3, -0.25) is 19.7 Å². The zero-order valence-corrected chi connectivity index (χ0v) is 10.4. The Balaban J connectivity index is 2.22. The van der Waals surface area contributed by atoms with Gasteiger partial charge in [-0.05, 0) is 13.8 Å². The molecule has 2 aliphatic rings. The van der Waals surface area contributed by atoms with Crippen molar-refractivity contribution in [3.8, 4) is 0 Å². The second kappa shape index (κ2) is 4.33. The Morgan fingerprint density at radius 2 is 2.11 bits per heavy atom. The van der Waals surface area contributed by atoms with E-state index in [1.165, 1.54) is 4.90 Å². The maximum atomic E-state index is 12.4. The van der Waals surface area contributed by atoms with Crippen LogP contribution in [0.5, 0.6) is 0 Å². The van der Waals surface area contributed by atoms with E-state index in [0.717, 1.165) is 0 Å². The Bertz CT molecular complexity index is 407. The number of nitrogens with two attached hydrogens (primary N) is 1. The molecule has 2 rings (SSSR count). The van der Waals surface area contributed by atoms with Crippen LogP contribution in [0.2, 0.25) is 0 Å². The van der Waals surface area contributed by atoms with E-state index in [9.17, 15) is 14.4 Å². The Hall–Kier alpha value is -1.47. The lowest BCUT2D eigenvalue weighted by atomic mass is 9.94. The van der Waals surface area contributed by atoms with Gasteiger partial charge in [-0.25, -0.2) is 0 Å². The number of carbonyl (C=O) groups is 3. The molecule has 0 bridgehead atoms. The van der Waals surface area contributed by atoms with Crippen LogP contribution in [0, 0.1) is 5.92 Å². The van der Waals surface area contributed by atoms with Crippen molar-refractivity contribution in [2.75, 3.05) is 19.8 Å². The van der Waals surface area contributed by atoms with Crippen LogP contribution in [0.4, 0.5) is 0 Å². The second-order valence-electron chi connectivity index (χ2n) is 5.17. The van der Waals surface area contributed by atoms with Gasteiger partial charge < -0.3 is 15.4 Å². The monoisotopic (exact) mass is 255 g/mol. The fourth-order valence-corrected chi connectivity index (χ4v) is 2.16. The quantitative estimate of drug-likeness (QED) is 0.540. The van der Waals surface area contributed by atoms with Crippen molar-refractivity contribution in [3.63, 3.8) is 0 Å². The van der Waals surface area contributed by atoms with Crippen LogP contribution in [-0.4, -0.2) is 54.0 Å². The second-order valence-corrected chi connectivity index (χ2v) is 5.17. The molecule has 2 saturated heterocycles. The van der Waals surface area contributed by atoms with Gasteiger partial charge in [-0.15, -0.1) is 0 Å². The van der Waals surface area contributed by atoms with Crippen molar-refractivity contribution in [1.29, 1.82) is 0 Å². The molecule has 3 amide bonds. The molecule has 100 valence electrons. The zero-order chi connectivity index (χ0) is 13.5. The highest BCUT2D eigenvalue weighted by atomic mass is 16.5. The number of piperazine rings is 1. The first-order valence-electron chi connectivity index (χ1n) is 5.83. The molecule has 2 aliphatic heterocycles. The van der Waals surface area contributed by atoms with Crippen molar-refractivity contribution in [2.45, 2.75) is 25.4 Å². The van der Waals surface area contributed by atoms with Crippen LogP contribution >= 0.6 is 0 Å². The Kier molecular flexibility index (Phi) is 3.12. The summed E-state index contributed by atoms with van der Waals surface area (Å²) in [6.45, 7) is 3.65. The average molecular weight is 255 g/mol. The largest absolute Gasteiger partial charge is 0.379 e. The summed E-state index contributed by atoms with van der Waals surface area (Å²) in [5, 5.41) is 2.22. The van der Waals surface area contributed by atoms with E-state index in [-0.39, 0.29) is 25.1 Å². The minimum atomic E-state index is -1.05. The van der Waals surface area contributed by atoms with Gasteiger partial charge in [0.2, 0.25) is 11.8 Å². The number of ether oxygens (including phenoxy) is 1. The van der Waals surface area contributed by atoms with Crippen LogP contribution in [-0.2, 0) is 19.1 Å². The topological polar surface area (TPSA) is 102 Å². The van der Waals surface area contributed by atoms with E-state index in [2.05, 4.69) is 5.32 Å². The van der Waals surface area contributed by atoms with Gasteiger partial charge in [0.1, 0.15) is 12.1 Å². The first-order valence-corrected chi connectivity index (χ1v) is 5.83. The molecule has 3 N–H and O–H groups in total. The number of amides is 3. The molecule has 2 heterocycles. The number of hydrogen-bond acceptors (Lipinski definition) is 5. The van der Waals surface area contributed by atoms with Crippen molar-refractivity contribution < 1.29 is 19.1 Å². The lowest BCUT2D eigenvalue weighted by molar-refractivity contribution is -0.157. The summed E-state index contributed by atoms with van der Waals surface area (Å²) in [5.41, 5.74) is 4.74. The molecule has 0 spiro atoms. The summed E-state index contributed by atoms with van der Waals surface area (Å²) in [6.07, 6.45) is 0. The van der Waals surface area contributed by atoms with Crippen LogP contribution < -0.4 is 11.1 Å². The highest BCUT2D eigenvalue weighted by molar-refractivity contribution is 6.06. The smallest absolute Gasteiger partial charge is 0.252 e. The van der Waals surface area contributed by atoms with Crippen LogP contribution in [0.1, 0.15) is 13.8 Å². The van der Waals surface area contributed by atoms with Gasteiger partial charge >= 0.3 is 0 Å². The molecule has 0 aromatic carbocycles. The molecule has 18 heavy (non-hydrogen) atoms. The molecule has 0 radical (unpaired) electrons. The van der Waals surface area contributed by atoms with Crippen LogP contribution in [0.15, 0.2) is 0 Å². The highest BCUT2D eigenvalue weighted by Crippen LogP contribution is 2.23. The van der Waals surface area contributed by atoms with E-state index >= 15 is 0 Å². The number of imide groups is 1. The molecule has 2 atom stereocenters. The van der Waals surface area contributed by atoms with Crippen LogP contribution in [0.25, 0.3) is 0 Å². The summed E-state index contributed by atoms with van der Waals surface area (Å²) < 4.78 is 5.15. The molecule has 0 saturated carbocycles. The van der Waals surface area contributed by atoms with Gasteiger partial charge in [-0.1, -0.05) is 0 Å². The van der Waals surface area contributed by atoms with E-state index in [1.807, 2.05) is 0 Å². The number of nitrogens with one attached hydrogen (secondary N) is 1. The third-order valence-corrected chi connectivity index (χ3v) is 3.49. The highest BCUT2D eigenvalue weighted by Gasteiger charge is 2.47. The Morgan fingerprint density at radius 3 is 2.67 bits per heavy atom. The fraction of sp³-hybridized carbons (Fsp3) is 0.727. The van der Waals surface area contributed by atoms with E-state index < -0.39 is 23.3 Å².